The van der Waals surface area contributed by atoms with Gasteiger partial charge in [0, 0.05) is 6.42 Å². The van der Waals surface area contributed by atoms with Crippen molar-refractivity contribution in [2.24, 2.45) is 0 Å². The lowest BCUT2D eigenvalue weighted by molar-refractivity contribution is -0.144. The molecule has 0 fully saturated rings. The van der Waals surface area contributed by atoms with Crippen molar-refractivity contribution in [3.05, 3.63) is 11.1 Å². The third-order valence-electron chi connectivity index (χ3n) is 1.72. The molecular formula is C10H11N3O3S. The van der Waals surface area contributed by atoms with Gasteiger partial charge in [-0.3, -0.25) is 9.59 Å². The van der Waals surface area contributed by atoms with Crippen LogP contribution >= 0.6 is 11.3 Å². The van der Waals surface area contributed by atoms with Gasteiger partial charge in [-0.15, -0.1) is 0 Å². The Hall–Kier alpha value is -1.94. The fourth-order valence-corrected chi connectivity index (χ4v) is 1.64. The Morgan fingerprint density at radius 3 is 2.94 bits per heavy atom. The second kappa shape index (κ2) is 6.60. The average molecular weight is 253 g/mol. The number of carbonyl (C=O) groups excluding carboxylic acids is 2. The molecule has 1 rings (SSSR count). The molecule has 17 heavy (non-hydrogen) atoms. The molecule has 0 spiro atoms. The fraction of sp³-hybridized carbons (Fsp3) is 0.400. The molecule has 1 aromatic heterocycles. The van der Waals surface area contributed by atoms with Gasteiger partial charge >= 0.3 is 5.97 Å². The van der Waals surface area contributed by atoms with Crippen LogP contribution in [-0.2, 0) is 14.3 Å². The lowest BCUT2D eigenvalue weighted by atomic mass is 10.3. The Kier molecular flexibility index (Phi) is 5.10. The molecule has 0 aliphatic rings. The molecule has 7 heteroatoms. The zero-order chi connectivity index (χ0) is 12.7. The Labute approximate surface area is 102 Å². The summed E-state index contributed by atoms with van der Waals surface area (Å²) in [5, 5.41) is 11.4. The van der Waals surface area contributed by atoms with Crippen molar-refractivity contribution < 1.29 is 14.3 Å². The monoisotopic (exact) mass is 253 g/mol. The summed E-state index contributed by atoms with van der Waals surface area (Å²) in [6, 6.07) is 1.92. The van der Waals surface area contributed by atoms with E-state index in [4.69, 9.17) is 5.26 Å². The van der Waals surface area contributed by atoms with Crippen LogP contribution in [0.4, 0.5) is 5.13 Å². The first-order chi connectivity index (χ1) is 8.15. The highest BCUT2D eigenvalue weighted by molar-refractivity contribution is 7.16. The zero-order valence-electron chi connectivity index (χ0n) is 9.23. The first kappa shape index (κ1) is 13.1. The van der Waals surface area contributed by atoms with E-state index in [9.17, 15) is 9.59 Å². The second-order valence-electron chi connectivity index (χ2n) is 2.99. The summed E-state index contributed by atoms with van der Waals surface area (Å²) < 4.78 is 4.69. The molecule has 1 amide bonds. The lowest BCUT2D eigenvalue weighted by Gasteiger charge is -2.01. The quantitative estimate of drug-likeness (QED) is 0.798. The van der Waals surface area contributed by atoms with Crippen LogP contribution in [0.2, 0.25) is 0 Å². The summed E-state index contributed by atoms with van der Waals surface area (Å²) in [5.74, 6) is -0.726. The maximum atomic E-state index is 11.4. The molecule has 1 N–H and O–H groups in total. The van der Waals surface area contributed by atoms with Crippen molar-refractivity contribution in [1.82, 2.24) is 4.98 Å². The maximum absolute atomic E-state index is 11.4. The Morgan fingerprint density at radius 1 is 1.59 bits per heavy atom. The number of carbonyl (C=O) groups is 2. The number of hydrogen-bond acceptors (Lipinski definition) is 6. The second-order valence-corrected chi connectivity index (χ2v) is 4.03. The molecule has 0 aliphatic carbocycles. The van der Waals surface area contributed by atoms with E-state index in [0.717, 1.165) is 11.3 Å². The van der Waals surface area contributed by atoms with Gasteiger partial charge in [-0.1, -0.05) is 11.3 Å². The van der Waals surface area contributed by atoms with E-state index in [1.807, 2.05) is 6.07 Å². The van der Waals surface area contributed by atoms with Crippen molar-refractivity contribution in [1.29, 1.82) is 5.26 Å². The van der Waals surface area contributed by atoms with Gasteiger partial charge in [0.1, 0.15) is 10.9 Å². The molecule has 0 unspecified atom stereocenters. The van der Waals surface area contributed by atoms with Crippen LogP contribution in [0.25, 0.3) is 0 Å². The Balaban J connectivity index is 2.35. The van der Waals surface area contributed by atoms with E-state index in [2.05, 4.69) is 15.0 Å². The maximum Gasteiger partial charge on any atom is 0.306 e. The van der Waals surface area contributed by atoms with Crippen LogP contribution in [0.1, 0.15) is 24.6 Å². The van der Waals surface area contributed by atoms with Crippen LogP contribution in [0.15, 0.2) is 6.20 Å². The van der Waals surface area contributed by atoms with Crippen molar-refractivity contribution in [3.8, 4) is 6.07 Å². The standard InChI is InChI=1S/C10H11N3O3S/c1-2-16-9(15)4-3-8(14)13-10-12-6-7(5-11)17-10/h6H,2-4H2,1H3,(H,12,13,14). The third kappa shape index (κ3) is 4.61. The van der Waals surface area contributed by atoms with Gasteiger partial charge in [-0.25, -0.2) is 4.98 Å². The van der Waals surface area contributed by atoms with Crippen LogP contribution in [0.5, 0.6) is 0 Å². The van der Waals surface area contributed by atoms with Crippen molar-refractivity contribution in [3.63, 3.8) is 0 Å². The number of nitrogens with zero attached hydrogens (tertiary/aromatic N) is 2. The molecule has 6 nitrogen and oxygen atoms in total. The molecule has 1 aromatic rings. The molecule has 0 saturated heterocycles. The van der Waals surface area contributed by atoms with Crippen LogP contribution < -0.4 is 5.32 Å². The summed E-state index contributed by atoms with van der Waals surface area (Å²) in [4.78, 5) is 26.6. The number of aromatic nitrogens is 1. The number of amides is 1. The molecule has 1 heterocycles. The van der Waals surface area contributed by atoms with Gasteiger partial charge in [-0.2, -0.15) is 5.26 Å². The van der Waals surface area contributed by atoms with Gasteiger partial charge < -0.3 is 10.1 Å². The van der Waals surface area contributed by atoms with E-state index in [1.165, 1.54) is 6.20 Å². The molecule has 90 valence electrons. The summed E-state index contributed by atoms with van der Waals surface area (Å²) >= 11 is 1.09. The fourth-order valence-electron chi connectivity index (χ4n) is 1.01. The van der Waals surface area contributed by atoms with Crippen LogP contribution in [-0.4, -0.2) is 23.5 Å². The van der Waals surface area contributed by atoms with Gasteiger partial charge in [-0.05, 0) is 6.92 Å². The highest BCUT2D eigenvalue weighted by Gasteiger charge is 2.09. The smallest absolute Gasteiger partial charge is 0.306 e. The number of hydrogen-bond donors (Lipinski definition) is 1. The molecule has 0 aromatic carbocycles. The normalized spacial score (nSPS) is 9.41. The molecule has 0 atom stereocenters. The largest absolute Gasteiger partial charge is 0.466 e. The number of rotatable bonds is 5. The summed E-state index contributed by atoms with van der Waals surface area (Å²) in [6.07, 6.45) is 1.46. The lowest BCUT2D eigenvalue weighted by Crippen LogP contribution is -2.14. The topological polar surface area (TPSA) is 92.1 Å². The summed E-state index contributed by atoms with van der Waals surface area (Å²) in [6.45, 7) is 2.01. The zero-order valence-corrected chi connectivity index (χ0v) is 10.0. The van der Waals surface area contributed by atoms with Gasteiger partial charge in [0.15, 0.2) is 5.13 Å². The van der Waals surface area contributed by atoms with Gasteiger partial charge in [0.2, 0.25) is 5.91 Å². The molecule has 0 saturated carbocycles. The number of nitrogens with one attached hydrogen (secondary N) is 1. The van der Waals surface area contributed by atoms with E-state index < -0.39 is 5.97 Å². The van der Waals surface area contributed by atoms with Gasteiger partial charge in [0.05, 0.1) is 19.2 Å². The number of anilines is 1. The minimum atomic E-state index is -0.403. The highest BCUT2D eigenvalue weighted by atomic mass is 32.1. The minimum absolute atomic E-state index is 0.0379. The van der Waals surface area contributed by atoms with E-state index in [1.54, 1.807) is 6.92 Å². The number of nitriles is 1. The Bertz CT molecular complexity index is 450. The number of esters is 1. The minimum Gasteiger partial charge on any atom is -0.466 e. The SMILES string of the molecule is CCOC(=O)CCC(=O)Nc1ncc(C#N)s1. The third-order valence-corrected chi connectivity index (χ3v) is 2.54. The molecule has 0 aliphatic heterocycles. The van der Waals surface area contributed by atoms with E-state index >= 15 is 0 Å². The first-order valence-corrected chi connectivity index (χ1v) is 5.78. The first-order valence-electron chi connectivity index (χ1n) is 4.97. The molecule has 0 radical (unpaired) electrons. The van der Waals surface area contributed by atoms with Gasteiger partial charge in [0.25, 0.3) is 0 Å². The summed E-state index contributed by atoms with van der Waals surface area (Å²) in [5.41, 5.74) is 0. The predicted molar refractivity (Wildman–Crippen MR) is 61.3 cm³/mol. The van der Waals surface area contributed by atoms with Crippen molar-refractivity contribution >= 4 is 28.3 Å². The predicted octanol–water partition coefficient (Wildman–Crippen LogP) is 1.30. The summed E-state index contributed by atoms with van der Waals surface area (Å²) in [7, 11) is 0. The number of thiazole rings is 1. The Morgan fingerprint density at radius 2 is 2.35 bits per heavy atom. The molecule has 0 bridgehead atoms. The van der Waals surface area contributed by atoms with E-state index in [-0.39, 0.29) is 18.7 Å². The van der Waals surface area contributed by atoms with Crippen LogP contribution in [0, 0.1) is 11.3 Å². The van der Waals surface area contributed by atoms with E-state index in [0.29, 0.717) is 16.6 Å². The molecular weight excluding hydrogens is 242 g/mol. The van der Waals surface area contributed by atoms with Crippen LogP contribution in [0.3, 0.4) is 0 Å². The van der Waals surface area contributed by atoms with Crippen molar-refractivity contribution in [2.75, 3.05) is 11.9 Å². The van der Waals surface area contributed by atoms with Crippen molar-refractivity contribution in [2.45, 2.75) is 19.8 Å². The number of ether oxygens (including phenoxy) is 1. The average Bonchev–Trinajstić information content (AvgIpc) is 2.74. The highest BCUT2D eigenvalue weighted by Crippen LogP contribution is 2.16.